The average Bonchev–Trinajstić information content (AvgIpc) is 3.24. The van der Waals surface area contributed by atoms with Gasteiger partial charge in [0, 0.05) is 12.8 Å². The molecular formula is C49H88O12S. The number of allylic oxidation sites excluding steroid dienone is 6. The highest BCUT2D eigenvalue weighted by Crippen LogP contribution is 2.24. The van der Waals surface area contributed by atoms with Crippen molar-refractivity contribution in [1.82, 2.24) is 0 Å². The van der Waals surface area contributed by atoms with Gasteiger partial charge >= 0.3 is 11.9 Å². The molecule has 0 aromatic rings. The number of carbonyl (C=O) groups is 2. The summed E-state index contributed by atoms with van der Waals surface area (Å²) in [6.45, 7) is 3.69. The summed E-state index contributed by atoms with van der Waals surface area (Å²) >= 11 is 0. The second-order valence-electron chi connectivity index (χ2n) is 17.1. The van der Waals surface area contributed by atoms with Crippen molar-refractivity contribution in [2.75, 3.05) is 19.0 Å². The van der Waals surface area contributed by atoms with E-state index >= 15 is 0 Å². The zero-order valence-corrected chi connectivity index (χ0v) is 39.5. The molecule has 1 aliphatic rings. The molecule has 0 aromatic heterocycles. The number of carbonyl (C=O) groups excluding carboxylic acids is 2. The number of rotatable bonds is 41. The van der Waals surface area contributed by atoms with E-state index in [1.807, 2.05) is 0 Å². The summed E-state index contributed by atoms with van der Waals surface area (Å²) in [4.78, 5) is 25.4. The Hall–Kier alpha value is -2.13. The third kappa shape index (κ3) is 33.4. The fourth-order valence-electron chi connectivity index (χ4n) is 7.33. The molecule has 4 N–H and O–H groups in total. The molecule has 12 nitrogen and oxygen atoms in total. The Labute approximate surface area is 376 Å². The molecule has 6 atom stereocenters. The first kappa shape index (κ1) is 57.9. The summed E-state index contributed by atoms with van der Waals surface area (Å²) in [5.41, 5.74) is 0. The van der Waals surface area contributed by atoms with Crippen LogP contribution in [-0.2, 0) is 38.7 Å². The van der Waals surface area contributed by atoms with Gasteiger partial charge in [0.15, 0.2) is 12.4 Å². The minimum atomic E-state index is -4.61. The first-order chi connectivity index (χ1) is 30.0. The first-order valence-electron chi connectivity index (χ1n) is 24.5. The van der Waals surface area contributed by atoms with Crippen LogP contribution in [0.1, 0.15) is 206 Å². The molecule has 13 heteroatoms. The van der Waals surface area contributed by atoms with Gasteiger partial charge in [-0.15, -0.1) is 0 Å². The Morgan fingerprint density at radius 3 is 1.48 bits per heavy atom. The zero-order valence-electron chi connectivity index (χ0n) is 38.7. The monoisotopic (exact) mass is 901 g/mol. The van der Waals surface area contributed by atoms with Crippen molar-refractivity contribution in [2.24, 2.45) is 0 Å². The van der Waals surface area contributed by atoms with Crippen molar-refractivity contribution in [3.05, 3.63) is 36.5 Å². The average molecular weight is 901 g/mol. The fraction of sp³-hybridized carbons (Fsp3) is 0.837. The van der Waals surface area contributed by atoms with E-state index in [0.717, 1.165) is 57.8 Å². The topological polar surface area (TPSA) is 186 Å². The van der Waals surface area contributed by atoms with Crippen LogP contribution in [0.15, 0.2) is 36.5 Å². The number of hydrogen-bond donors (Lipinski definition) is 4. The Kier molecular flexibility index (Phi) is 36.6. The lowest BCUT2D eigenvalue weighted by Gasteiger charge is -2.40. The van der Waals surface area contributed by atoms with Gasteiger partial charge in [-0.3, -0.25) is 14.1 Å². The van der Waals surface area contributed by atoms with Gasteiger partial charge in [-0.05, 0) is 64.2 Å². The summed E-state index contributed by atoms with van der Waals surface area (Å²) in [5.74, 6) is -2.05. The van der Waals surface area contributed by atoms with Gasteiger partial charge < -0.3 is 34.3 Å². The van der Waals surface area contributed by atoms with Gasteiger partial charge in [0.05, 0.1) is 6.61 Å². The zero-order chi connectivity index (χ0) is 45.5. The summed E-state index contributed by atoms with van der Waals surface area (Å²) in [5, 5.41) is 30.9. The third-order valence-corrected chi connectivity index (χ3v) is 11.9. The Balaban J connectivity index is 2.36. The highest BCUT2D eigenvalue weighted by atomic mass is 32.2. The van der Waals surface area contributed by atoms with Gasteiger partial charge in [-0.25, -0.2) is 0 Å². The Bertz CT molecular complexity index is 1290. The van der Waals surface area contributed by atoms with E-state index < -0.39 is 71.2 Å². The van der Waals surface area contributed by atoms with E-state index in [1.54, 1.807) is 0 Å². The summed E-state index contributed by atoms with van der Waals surface area (Å²) in [7, 11) is -4.61. The van der Waals surface area contributed by atoms with Gasteiger partial charge in [0.1, 0.15) is 36.8 Å². The number of hydrogen-bond acceptors (Lipinski definition) is 11. The maximum atomic E-state index is 12.8. The molecule has 0 aromatic carbocycles. The Morgan fingerprint density at radius 2 is 0.968 bits per heavy atom. The summed E-state index contributed by atoms with van der Waals surface area (Å²) in [6, 6.07) is 0. The third-order valence-electron chi connectivity index (χ3n) is 11.2. The van der Waals surface area contributed by atoms with E-state index in [1.165, 1.54) is 103 Å². The van der Waals surface area contributed by atoms with Crippen LogP contribution in [0.2, 0.25) is 0 Å². The lowest BCUT2D eigenvalue weighted by molar-refractivity contribution is -0.297. The van der Waals surface area contributed by atoms with E-state index in [4.69, 9.17) is 18.9 Å². The number of unbranched alkanes of at least 4 members (excludes halogenated alkanes) is 23. The fourth-order valence-corrected chi connectivity index (χ4v) is 8.02. The summed E-state index contributed by atoms with van der Waals surface area (Å²) in [6.07, 6.45) is 36.5. The molecule has 1 heterocycles. The van der Waals surface area contributed by atoms with Crippen LogP contribution in [0.3, 0.4) is 0 Å². The van der Waals surface area contributed by atoms with Crippen LogP contribution in [0.25, 0.3) is 0 Å². The molecule has 1 aliphatic heterocycles. The number of aliphatic hydroxyl groups is 3. The Morgan fingerprint density at radius 1 is 0.532 bits per heavy atom. The highest BCUT2D eigenvalue weighted by Gasteiger charge is 2.46. The molecular weight excluding hydrogens is 813 g/mol. The van der Waals surface area contributed by atoms with Gasteiger partial charge in [0.25, 0.3) is 10.1 Å². The molecule has 362 valence electrons. The summed E-state index contributed by atoms with van der Waals surface area (Å²) < 4.78 is 54.0. The van der Waals surface area contributed by atoms with Gasteiger partial charge in [-0.2, -0.15) is 8.42 Å². The molecule has 62 heavy (non-hydrogen) atoms. The van der Waals surface area contributed by atoms with Crippen molar-refractivity contribution in [1.29, 1.82) is 0 Å². The number of ether oxygens (including phenoxy) is 4. The molecule has 0 saturated carbocycles. The highest BCUT2D eigenvalue weighted by molar-refractivity contribution is 7.85. The van der Waals surface area contributed by atoms with Crippen LogP contribution >= 0.6 is 0 Å². The minimum Gasteiger partial charge on any atom is -0.462 e. The van der Waals surface area contributed by atoms with Crippen LogP contribution in [0.5, 0.6) is 0 Å². The van der Waals surface area contributed by atoms with E-state index in [9.17, 15) is 37.9 Å². The second-order valence-corrected chi connectivity index (χ2v) is 18.6. The normalized spacial score (nSPS) is 20.1. The molecule has 0 spiro atoms. The quantitative estimate of drug-likeness (QED) is 0.0197. The minimum absolute atomic E-state index is 0.146. The molecule has 0 radical (unpaired) electrons. The molecule has 2 unspecified atom stereocenters. The van der Waals surface area contributed by atoms with E-state index in [2.05, 4.69) is 50.3 Å². The molecule has 0 bridgehead atoms. The van der Waals surface area contributed by atoms with Crippen molar-refractivity contribution < 1.29 is 56.8 Å². The van der Waals surface area contributed by atoms with Crippen molar-refractivity contribution in [3.63, 3.8) is 0 Å². The van der Waals surface area contributed by atoms with Crippen molar-refractivity contribution in [2.45, 2.75) is 243 Å². The number of esters is 2. The van der Waals surface area contributed by atoms with Crippen LogP contribution in [0, 0.1) is 0 Å². The largest absolute Gasteiger partial charge is 0.462 e. The molecule has 1 rings (SSSR count). The first-order valence-corrected chi connectivity index (χ1v) is 26.2. The van der Waals surface area contributed by atoms with Crippen LogP contribution in [0.4, 0.5) is 0 Å². The lowest BCUT2D eigenvalue weighted by atomic mass is 10.00. The van der Waals surface area contributed by atoms with Crippen LogP contribution < -0.4 is 0 Å². The van der Waals surface area contributed by atoms with Gasteiger partial charge in [0.2, 0.25) is 0 Å². The SMILES string of the molecule is CCCC/C=C/CCCCCCCC(=O)O[C@H](COC(=O)CCC/C=C/CC/C=C/CCCCCCCCCCCCCCCC)CO[C@H]1O[C@H](CS(=O)(=O)O)[C@@H](O)C(O)C1O. The standard InChI is InChI=1S/C49H88O12S/c1-3-5-7-9-11-13-15-16-17-18-19-20-21-22-23-24-25-26-28-29-31-33-35-37-44(50)58-39-42(60-45(51)38-36-34-32-30-27-14-12-10-8-6-4-2)40-59-49-48(54)47(53)46(52)43(61-49)41-62(55,56)57/h10,12,24-25,29,31,42-43,46-49,52-54H,3-9,11,13-23,26-28,30,32-41H2,1-2H3,(H,55,56,57)/b12-10+,25-24+,31-29+/t42-,43-,46-,47?,48?,49+/m1/s1. The lowest BCUT2D eigenvalue weighted by Crippen LogP contribution is -2.60. The predicted octanol–water partition coefficient (Wildman–Crippen LogP) is 10.6. The van der Waals surface area contributed by atoms with Crippen molar-refractivity contribution >= 4 is 22.1 Å². The number of aliphatic hydroxyl groups excluding tert-OH is 3. The van der Waals surface area contributed by atoms with E-state index in [0.29, 0.717) is 19.3 Å². The van der Waals surface area contributed by atoms with Crippen molar-refractivity contribution in [3.8, 4) is 0 Å². The smallest absolute Gasteiger partial charge is 0.306 e. The van der Waals surface area contributed by atoms with E-state index in [-0.39, 0.29) is 19.4 Å². The molecule has 1 saturated heterocycles. The van der Waals surface area contributed by atoms with Gasteiger partial charge in [-0.1, -0.05) is 166 Å². The predicted molar refractivity (Wildman–Crippen MR) is 247 cm³/mol. The molecule has 1 fully saturated rings. The maximum Gasteiger partial charge on any atom is 0.306 e. The van der Waals surface area contributed by atoms with Crippen LogP contribution in [-0.4, -0.2) is 96.0 Å². The second kappa shape index (κ2) is 39.3. The maximum absolute atomic E-state index is 12.8. The molecule has 0 amide bonds. The molecule has 0 aliphatic carbocycles.